The van der Waals surface area contributed by atoms with Crippen molar-refractivity contribution >= 4 is 72.7 Å². The molecule has 19 nitrogen and oxygen atoms in total. The molecule has 0 aromatic rings. The quantitative estimate of drug-likeness (QED) is 0.0223. The van der Waals surface area contributed by atoms with Crippen LogP contribution in [0.3, 0.4) is 0 Å². The van der Waals surface area contributed by atoms with Crippen molar-refractivity contribution in [3.05, 3.63) is 0 Å². The van der Waals surface area contributed by atoms with Crippen molar-refractivity contribution in [2.75, 3.05) is 24.6 Å². The number of rotatable bonds is 22. The monoisotopic (exact) mass is 664 g/mol. The maximum absolute atomic E-state index is 13.2. The first-order valence-electron chi connectivity index (χ1n) is 13.4. The van der Waals surface area contributed by atoms with E-state index in [2.05, 4.69) is 56.5 Å². The maximum atomic E-state index is 13.2. The number of primary amides is 1. The van der Waals surface area contributed by atoms with Crippen LogP contribution in [0.5, 0.6) is 0 Å². The molecule has 0 fully saturated rings. The van der Waals surface area contributed by atoms with Crippen molar-refractivity contribution in [3.63, 3.8) is 0 Å². The highest BCUT2D eigenvalue weighted by Gasteiger charge is 2.31. The van der Waals surface area contributed by atoms with Crippen molar-refractivity contribution in [2.45, 2.75) is 68.7 Å². The summed E-state index contributed by atoms with van der Waals surface area (Å²) in [4.78, 5) is 82.2. The molecule has 0 saturated carbocycles. The summed E-state index contributed by atoms with van der Waals surface area (Å²) < 4.78 is 0. The molecule has 0 aliphatic carbocycles. The van der Waals surface area contributed by atoms with Gasteiger partial charge in [0.1, 0.15) is 24.2 Å². The molecule has 0 bridgehead atoms. The SMILES string of the molecule is NC(=O)CC[C@H](NC(=O)[C@@H](N)CS)C(=O)N[C@@H](CS)C(=O)N[C@@H](CCCN=C(N)N)C(=O)N[C@@H](CCCN=C(N)N)C(=O)O. The molecule has 0 aliphatic heterocycles. The van der Waals surface area contributed by atoms with E-state index >= 15 is 0 Å². The molecule has 0 aromatic carbocycles. The third kappa shape index (κ3) is 17.2. The molecule has 0 rings (SSSR count). The number of carboxylic acid groups (broad SMARTS) is 1. The lowest BCUT2D eigenvalue weighted by molar-refractivity contribution is -0.142. The Hall–Kier alpha value is -3.98. The molecular weight excluding hydrogens is 620 g/mol. The third-order valence-corrected chi connectivity index (χ3v) is 6.56. The molecule has 0 spiro atoms. The number of aliphatic carboxylic acids is 1. The van der Waals surface area contributed by atoms with E-state index in [1.54, 1.807) is 0 Å². The van der Waals surface area contributed by atoms with Gasteiger partial charge in [0.2, 0.25) is 29.5 Å². The topological polar surface area (TPSA) is 352 Å². The van der Waals surface area contributed by atoms with Crippen LogP contribution >= 0.6 is 25.3 Å². The molecule has 0 aromatic heterocycles. The molecule has 5 atom stereocenters. The fraction of sp³-hybridized carbons (Fsp3) is 0.652. The Kier molecular flexibility index (Phi) is 19.7. The Morgan fingerprint density at radius 3 is 1.45 bits per heavy atom. The number of hydrogen-bond donors (Lipinski definition) is 13. The Bertz CT molecular complexity index is 1050. The van der Waals surface area contributed by atoms with Crippen molar-refractivity contribution in [3.8, 4) is 0 Å². The van der Waals surface area contributed by atoms with Crippen LogP contribution in [0.15, 0.2) is 9.98 Å². The first kappa shape index (κ1) is 40.0. The van der Waals surface area contributed by atoms with Gasteiger partial charge >= 0.3 is 5.97 Å². The number of carboxylic acids is 1. The zero-order valence-corrected chi connectivity index (χ0v) is 25.9. The highest BCUT2D eigenvalue weighted by Crippen LogP contribution is 2.06. The lowest BCUT2D eigenvalue weighted by Crippen LogP contribution is -2.59. The number of guanidine groups is 2. The van der Waals surface area contributed by atoms with Crippen LogP contribution in [0, 0.1) is 0 Å². The second-order valence-electron chi connectivity index (χ2n) is 9.46. The average molecular weight is 665 g/mol. The summed E-state index contributed by atoms with van der Waals surface area (Å²) in [5, 5.41) is 19.2. The van der Waals surface area contributed by atoms with Crippen LogP contribution < -0.4 is 55.7 Å². The number of thiol groups is 2. The van der Waals surface area contributed by atoms with E-state index in [4.69, 9.17) is 34.4 Å². The molecule has 5 amide bonds. The Labute approximate surface area is 265 Å². The normalized spacial score (nSPS) is 14.0. The molecule has 0 aliphatic rings. The fourth-order valence-electron chi connectivity index (χ4n) is 3.46. The number of nitrogens with one attached hydrogen (secondary N) is 4. The van der Waals surface area contributed by atoms with Gasteiger partial charge in [-0.25, -0.2) is 4.79 Å². The van der Waals surface area contributed by atoms with Gasteiger partial charge in [0.25, 0.3) is 0 Å². The maximum Gasteiger partial charge on any atom is 0.326 e. The molecule has 21 heteroatoms. The largest absolute Gasteiger partial charge is 0.480 e. The van der Waals surface area contributed by atoms with Crippen LogP contribution in [0.2, 0.25) is 0 Å². The van der Waals surface area contributed by atoms with Crippen LogP contribution in [0.1, 0.15) is 38.5 Å². The number of nitrogens with two attached hydrogens (primary N) is 6. The van der Waals surface area contributed by atoms with E-state index in [9.17, 15) is 33.9 Å². The van der Waals surface area contributed by atoms with Crippen molar-refractivity contribution < 1.29 is 33.9 Å². The van der Waals surface area contributed by atoms with E-state index in [-0.39, 0.29) is 75.0 Å². The summed E-state index contributed by atoms with van der Waals surface area (Å²) in [6.07, 6.45) is -0.0403. The van der Waals surface area contributed by atoms with Crippen LogP contribution in [-0.4, -0.2) is 107 Å². The minimum atomic E-state index is -1.33. The highest BCUT2D eigenvalue weighted by molar-refractivity contribution is 7.80. The standard InChI is InChI=1S/C23H44N12O7S2/c24-11(9-43)17(37)32-13(5-6-16(25)36)19(39)35-15(10-44)20(40)33-12(3-1-7-30-22(26)27)18(38)34-14(21(41)42)4-2-8-31-23(28)29/h11-15,43-44H,1-10,24H2,(H2,25,36)(H,32,37)(H,33,40)(H,34,38)(H,35,39)(H,41,42)(H4,26,27,30)(H4,28,29,31)/t11-,12-,13-,14-,15-/m0/s1. The van der Waals surface area contributed by atoms with Gasteiger partial charge in [-0.05, 0) is 32.1 Å². The predicted molar refractivity (Wildman–Crippen MR) is 169 cm³/mol. The molecule has 17 N–H and O–H groups in total. The second kappa shape index (κ2) is 21.7. The van der Waals surface area contributed by atoms with Gasteiger partial charge in [-0.2, -0.15) is 25.3 Å². The summed E-state index contributed by atoms with van der Waals surface area (Å²) in [5.41, 5.74) is 32.0. The summed E-state index contributed by atoms with van der Waals surface area (Å²) >= 11 is 8.05. The summed E-state index contributed by atoms with van der Waals surface area (Å²) in [7, 11) is 0. The molecular formula is C23H44N12O7S2. The minimum Gasteiger partial charge on any atom is -0.480 e. The zero-order valence-electron chi connectivity index (χ0n) is 24.1. The van der Waals surface area contributed by atoms with E-state index in [1.807, 2.05) is 0 Å². The van der Waals surface area contributed by atoms with Gasteiger partial charge in [-0.1, -0.05) is 0 Å². The predicted octanol–water partition coefficient (Wildman–Crippen LogP) is -5.43. The number of aliphatic imine (C=N–C) groups is 2. The Morgan fingerprint density at radius 1 is 0.614 bits per heavy atom. The van der Waals surface area contributed by atoms with Gasteiger partial charge in [-0.3, -0.25) is 34.0 Å². The van der Waals surface area contributed by atoms with Crippen molar-refractivity contribution in [1.82, 2.24) is 21.3 Å². The number of nitrogens with zero attached hydrogens (tertiary/aromatic N) is 2. The summed E-state index contributed by atoms with van der Waals surface area (Å²) in [6.45, 7) is 0.233. The first-order chi connectivity index (χ1) is 20.6. The average Bonchev–Trinajstić information content (AvgIpc) is 2.95. The second-order valence-corrected chi connectivity index (χ2v) is 10.2. The van der Waals surface area contributed by atoms with E-state index in [1.165, 1.54) is 0 Å². The number of carbonyl (C=O) groups excluding carboxylic acids is 5. The molecule has 44 heavy (non-hydrogen) atoms. The number of amides is 5. The zero-order chi connectivity index (χ0) is 33.8. The van der Waals surface area contributed by atoms with Crippen molar-refractivity contribution in [2.24, 2.45) is 44.4 Å². The van der Waals surface area contributed by atoms with Crippen molar-refractivity contribution in [1.29, 1.82) is 0 Å². The molecule has 0 heterocycles. The third-order valence-electron chi connectivity index (χ3n) is 5.80. The van der Waals surface area contributed by atoms with Crippen LogP contribution in [0.25, 0.3) is 0 Å². The fourth-order valence-corrected chi connectivity index (χ4v) is 3.88. The highest BCUT2D eigenvalue weighted by atomic mass is 32.1. The smallest absolute Gasteiger partial charge is 0.326 e. The van der Waals surface area contributed by atoms with E-state index < -0.39 is 65.7 Å². The molecule has 0 saturated heterocycles. The van der Waals surface area contributed by atoms with Gasteiger partial charge in [0.05, 0.1) is 6.04 Å². The van der Waals surface area contributed by atoms with E-state index in [0.29, 0.717) is 0 Å². The Balaban J connectivity index is 5.75. The molecule has 0 radical (unpaired) electrons. The van der Waals surface area contributed by atoms with Gasteiger partial charge < -0.3 is 60.8 Å². The van der Waals surface area contributed by atoms with E-state index in [0.717, 1.165) is 0 Å². The lowest BCUT2D eigenvalue weighted by atomic mass is 10.1. The Morgan fingerprint density at radius 2 is 1.02 bits per heavy atom. The van der Waals surface area contributed by atoms with Crippen LogP contribution in [-0.2, 0) is 28.8 Å². The van der Waals surface area contributed by atoms with Gasteiger partial charge in [-0.15, -0.1) is 0 Å². The molecule has 0 unspecified atom stereocenters. The summed E-state index contributed by atoms with van der Waals surface area (Å²) in [6, 6.07) is -6.25. The van der Waals surface area contributed by atoms with Gasteiger partial charge in [0.15, 0.2) is 11.9 Å². The minimum absolute atomic E-state index is 0.0131. The van der Waals surface area contributed by atoms with Crippen LogP contribution in [0.4, 0.5) is 0 Å². The number of hydrogen-bond acceptors (Lipinski definition) is 11. The number of carbonyl (C=O) groups is 6. The first-order valence-corrected chi connectivity index (χ1v) is 14.7. The summed E-state index contributed by atoms with van der Waals surface area (Å²) in [5.74, 6) is -5.92. The lowest BCUT2D eigenvalue weighted by Gasteiger charge is -2.25. The molecule has 250 valence electrons. The van der Waals surface area contributed by atoms with Gasteiger partial charge in [0, 0.05) is 31.0 Å².